The summed E-state index contributed by atoms with van der Waals surface area (Å²) in [4.78, 5) is 28.6. The summed E-state index contributed by atoms with van der Waals surface area (Å²) in [5.74, 6) is 0.456. The minimum atomic E-state index is -0.679. The Bertz CT molecular complexity index is 696. The lowest BCUT2D eigenvalue weighted by Crippen LogP contribution is -2.43. The van der Waals surface area contributed by atoms with Gasteiger partial charge in [-0.3, -0.25) is 9.59 Å². The van der Waals surface area contributed by atoms with Gasteiger partial charge in [-0.2, -0.15) is 0 Å². The molecular formula is C17H21BrN2O5. The first-order valence-corrected chi connectivity index (χ1v) is 9.27. The van der Waals surface area contributed by atoms with Crippen LogP contribution in [0.2, 0.25) is 0 Å². The average molecular weight is 413 g/mol. The van der Waals surface area contributed by atoms with Gasteiger partial charge >= 0.3 is 0 Å². The minimum Gasteiger partial charge on any atom is -0.493 e. The highest BCUT2D eigenvalue weighted by Gasteiger charge is 2.44. The number of ether oxygens (including phenoxy) is 2. The molecule has 7 nitrogen and oxygen atoms in total. The molecule has 1 fully saturated rings. The second-order valence-corrected chi connectivity index (χ2v) is 6.96. The van der Waals surface area contributed by atoms with Gasteiger partial charge in [0.1, 0.15) is 6.04 Å². The van der Waals surface area contributed by atoms with Crippen molar-refractivity contribution < 1.29 is 24.2 Å². The molecule has 1 aromatic carbocycles. The molecule has 0 radical (unpaired) electrons. The van der Waals surface area contributed by atoms with Gasteiger partial charge in [0.05, 0.1) is 31.1 Å². The van der Waals surface area contributed by atoms with Gasteiger partial charge in [-0.15, -0.1) is 0 Å². The van der Waals surface area contributed by atoms with E-state index < -0.39 is 12.1 Å². The lowest BCUT2D eigenvalue weighted by molar-refractivity contribution is -0.121. The molecule has 1 aromatic rings. The molecule has 3 rings (SSSR count). The normalized spacial score (nSPS) is 22.6. The van der Waals surface area contributed by atoms with Crippen molar-refractivity contribution in [2.75, 3.05) is 37.5 Å². The Labute approximate surface area is 154 Å². The van der Waals surface area contributed by atoms with Crippen LogP contribution >= 0.6 is 15.9 Å². The Kier molecular flexibility index (Phi) is 5.19. The molecule has 8 heteroatoms. The van der Waals surface area contributed by atoms with Crippen LogP contribution in [0.4, 0.5) is 5.69 Å². The van der Waals surface area contributed by atoms with Gasteiger partial charge in [0.15, 0.2) is 11.5 Å². The maximum Gasteiger partial charge on any atom is 0.256 e. The fraction of sp³-hybridized carbons (Fsp3) is 0.529. The Morgan fingerprint density at radius 3 is 2.76 bits per heavy atom. The van der Waals surface area contributed by atoms with Gasteiger partial charge in [0, 0.05) is 31.4 Å². The van der Waals surface area contributed by atoms with Crippen molar-refractivity contribution in [1.29, 1.82) is 0 Å². The highest BCUT2D eigenvalue weighted by molar-refractivity contribution is 9.09. The molecule has 2 amide bonds. The number of anilines is 1. The van der Waals surface area contributed by atoms with Crippen LogP contribution in [-0.4, -0.2) is 66.6 Å². The largest absolute Gasteiger partial charge is 0.493 e. The standard InChI is InChI=1S/C17H21BrN2O5/c1-19-12-8-15(25-5-3-4-18)14(24-2)7-11(12)16(22)20-9-10(21)6-13(20)17(19)23/h7-8,10,13,21H,3-6,9H2,1-2H3/t10-,13+/m1/s1. The van der Waals surface area contributed by atoms with Crippen LogP contribution in [0.5, 0.6) is 11.5 Å². The highest BCUT2D eigenvalue weighted by atomic mass is 79.9. The SMILES string of the molecule is COc1cc2c(cc1OCCCBr)N(C)C(=O)[C@@H]1C[C@@H](O)CN1C2=O. The van der Waals surface area contributed by atoms with E-state index in [-0.39, 0.29) is 24.8 Å². The van der Waals surface area contributed by atoms with Crippen LogP contribution in [-0.2, 0) is 4.79 Å². The van der Waals surface area contributed by atoms with E-state index in [0.717, 1.165) is 11.8 Å². The van der Waals surface area contributed by atoms with E-state index in [1.54, 1.807) is 19.2 Å². The van der Waals surface area contributed by atoms with E-state index in [9.17, 15) is 14.7 Å². The summed E-state index contributed by atoms with van der Waals surface area (Å²) < 4.78 is 11.1. The zero-order chi connectivity index (χ0) is 18.1. The van der Waals surface area contributed by atoms with Gasteiger partial charge in [-0.1, -0.05) is 15.9 Å². The molecular weight excluding hydrogens is 392 g/mol. The maximum atomic E-state index is 12.9. The summed E-state index contributed by atoms with van der Waals surface area (Å²) in [6, 6.07) is 2.65. The number of fused-ring (bicyclic) bond motifs is 2. The summed E-state index contributed by atoms with van der Waals surface area (Å²) in [5, 5.41) is 10.7. The Morgan fingerprint density at radius 2 is 2.08 bits per heavy atom. The Balaban J connectivity index is 2.03. The molecule has 0 spiro atoms. The molecule has 2 atom stereocenters. The summed E-state index contributed by atoms with van der Waals surface area (Å²) in [6.07, 6.45) is 0.401. The molecule has 0 unspecified atom stereocenters. The fourth-order valence-corrected chi connectivity index (χ4v) is 3.51. The highest BCUT2D eigenvalue weighted by Crippen LogP contribution is 2.39. The molecule has 0 aliphatic carbocycles. The van der Waals surface area contributed by atoms with E-state index in [2.05, 4.69) is 15.9 Å². The number of hydrogen-bond donors (Lipinski definition) is 1. The predicted molar refractivity (Wildman–Crippen MR) is 95.8 cm³/mol. The lowest BCUT2D eigenvalue weighted by Gasteiger charge is -2.22. The molecule has 0 saturated carbocycles. The van der Waals surface area contributed by atoms with Gasteiger partial charge in [0.2, 0.25) is 5.91 Å². The molecule has 1 saturated heterocycles. The number of benzene rings is 1. The number of aliphatic hydroxyl groups excluding tert-OH is 1. The molecule has 136 valence electrons. The average Bonchev–Trinajstić information content (AvgIpc) is 2.98. The zero-order valence-electron chi connectivity index (χ0n) is 14.2. The maximum absolute atomic E-state index is 12.9. The van der Waals surface area contributed by atoms with Crippen molar-refractivity contribution in [1.82, 2.24) is 4.90 Å². The number of methoxy groups -OCH3 is 1. The van der Waals surface area contributed by atoms with Crippen molar-refractivity contribution in [3.63, 3.8) is 0 Å². The molecule has 2 aliphatic heterocycles. The summed E-state index contributed by atoms with van der Waals surface area (Å²) >= 11 is 3.35. The molecule has 0 bridgehead atoms. The second kappa shape index (κ2) is 7.21. The minimum absolute atomic E-state index is 0.161. The number of aliphatic hydroxyl groups is 1. The number of carbonyl (C=O) groups excluding carboxylic acids is 2. The third-order valence-corrected chi connectivity index (χ3v) is 5.13. The number of rotatable bonds is 5. The summed E-state index contributed by atoms with van der Waals surface area (Å²) in [5.41, 5.74) is 0.866. The summed E-state index contributed by atoms with van der Waals surface area (Å²) in [7, 11) is 3.15. The van der Waals surface area contributed by atoms with E-state index >= 15 is 0 Å². The predicted octanol–water partition coefficient (Wildman–Crippen LogP) is 1.41. The summed E-state index contributed by atoms with van der Waals surface area (Å²) in [6.45, 7) is 0.654. The van der Waals surface area contributed by atoms with Crippen molar-refractivity contribution in [2.45, 2.75) is 25.0 Å². The topological polar surface area (TPSA) is 79.3 Å². The number of halogens is 1. The van der Waals surface area contributed by atoms with E-state index in [1.807, 2.05) is 0 Å². The van der Waals surface area contributed by atoms with Crippen LogP contribution in [0.1, 0.15) is 23.2 Å². The van der Waals surface area contributed by atoms with Crippen molar-refractivity contribution >= 4 is 33.4 Å². The van der Waals surface area contributed by atoms with Crippen molar-refractivity contribution in [3.8, 4) is 11.5 Å². The van der Waals surface area contributed by atoms with Crippen LogP contribution in [0.3, 0.4) is 0 Å². The second-order valence-electron chi connectivity index (χ2n) is 6.17. The van der Waals surface area contributed by atoms with Gasteiger partial charge in [-0.05, 0) is 12.5 Å². The first-order chi connectivity index (χ1) is 12.0. The number of likely N-dealkylation sites (N-methyl/N-ethyl adjacent to an activating group) is 1. The molecule has 1 N–H and O–H groups in total. The number of nitrogens with zero attached hydrogens (tertiary/aromatic N) is 2. The number of carbonyl (C=O) groups is 2. The zero-order valence-corrected chi connectivity index (χ0v) is 15.8. The third-order valence-electron chi connectivity index (χ3n) is 4.56. The smallest absolute Gasteiger partial charge is 0.256 e. The van der Waals surface area contributed by atoms with Gasteiger partial charge in [-0.25, -0.2) is 0 Å². The number of amides is 2. The molecule has 0 aromatic heterocycles. The van der Waals surface area contributed by atoms with Crippen LogP contribution in [0.15, 0.2) is 12.1 Å². The molecule has 25 heavy (non-hydrogen) atoms. The number of alkyl halides is 1. The molecule has 2 heterocycles. The van der Waals surface area contributed by atoms with E-state index in [0.29, 0.717) is 29.4 Å². The first-order valence-electron chi connectivity index (χ1n) is 8.15. The van der Waals surface area contributed by atoms with Crippen LogP contribution in [0.25, 0.3) is 0 Å². The van der Waals surface area contributed by atoms with Crippen molar-refractivity contribution in [3.05, 3.63) is 17.7 Å². The fourth-order valence-electron chi connectivity index (χ4n) is 3.28. The van der Waals surface area contributed by atoms with Gasteiger partial charge < -0.3 is 24.4 Å². The number of hydrogen-bond acceptors (Lipinski definition) is 5. The van der Waals surface area contributed by atoms with E-state index in [1.165, 1.54) is 16.9 Å². The van der Waals surface area contributed by atoms with E-state index in [4.69, 9.17) is 9.47 Å². The molecule has 2 aliphatic rings. The third kappa shape index (κ3) is 3.20. The van der Waals surface area contributed by atoms with Crippen LogP contribution < -0.4 is 14.4 Å². The van der Waals surface area contributed by atoms with Gasteiger partial charge in [0.25, 0.3) is 5.91 Å². The lowest BCUT2D eigenvalue weighted by atomic mass is 10.1. The Morgan fingerprint density at radius 1 is 1.32 bits per heavy atom. The quantitative estimate of drug-likeness (QED) is 0.584. The monoisotopic (exact) mass is 412 g/mol. The first kappa shape index (κ1) is 18.0. The van der Waals surface area contributed by atoms with Crippen molar-refractivity contribution in [2.24, 2.45) is 0 Å². The van der Waals surface area contributed by atoms with Crippen LogP contribution in [0, 0.1) is 0 Å². The Hall–Kier alpha value is -1.80.